The molecule has 3 aromatic heterocycles. The molecule has 0 aromatic carbocycles. The monoisotopic (exact) mass is 242 g/mol. The van der Waals surface area contributed by atoms with E-state index >= 15 is 0 Å². The van der Waals surface area contributed by atoms with Gasteiger partial charge in [0.05, 0.1) is 17.1 Å². The summed E-state index contributed by atoms with van der Waals surface area (Å²) in [5.74, 6) is -1.05. The van der Waals surface area contributed by atoms with Gasteiger partial charge in [0, 0.05) is 12.3 Å². The number of aromatic nitrogens is 4. The first-order valence-corrected chi connectivity index (χ1v) is 5.39. The van der Waals surface area contributed by atoms with Gasteiger partial charge in [-0.1, -0.05) is 0 Å². The number of nitrogens with zero attached hydrogens (tertiary/aromatic N) is 3. The standard InChI is InChI=1S/C12H10N4O2/c1-7-5-11-14-9(12(17)18)6-10(16(11)15-7)8-3-2-4-13-8/h2-6,13H,1H3,(H,17,18). The van der Waals surface area contributed by atoms with Crippen molar-refractivity contribution >= 4 is 11.6 Å². The van der Waals surface area contributed by atoms with Gasteiger partial charge in [-0.15, -0.1) is 0 Å². The van der Waals surface area contributed by atoms with Crippen molar-refractivity contribution in [1.29, 1.82) is 0 Å². The zero-order valence-corrected chi connectivity index (χ0v) is 9.58. The first-order chi connectivity index (χ1) is 8.65. The summed E-state index contributed by atoms with van der Waals surface area (Å²) in [7, 11) is 0. The van der Waals surface area contributed by atoms with E-state index in [9.17, 15) is 4.79 Å². The first-order valence-electron chi connectivity index (χ1n) is 5.39. The van der Waals surface area contributed by atoms with Crippen LogP contribution in [0.4, 0.5) is 0 Å². The lowest BCUT2D eigenvalue weighted by atomic mass is 10.2. The van der Waals surface area contributed by atoms with E-state index in [0.29, 0.717) is 11.3 Å². The highest BCUT2D eigenvalue weighted by molar-refractivity contribution is 5.87. The van der Waals surface area contributed by atoms with Crippen molar-refractivity contribution in [3.63, 3.8) is 0 Å². The second-order valence-corrected chi connectivity index (χ2v) is 3.97. The number of H-pyrrole nitrogens is 1. The summed E-state index contributed by atoms with van der Waals surface area (Å²) in [5, 5.41) is 13.4. The second kappa shape index (κ2) is 3.69. The van der Waals surface area contributed by atoms with Crippen LogP contribution in [0.5, 0.6) is 0 Å². The Bertz CT molecular complexity index is 728. The highest BCUT2D eigenvalue weighted by atomic mass is 16.4. The maximum absolute atomic E-state index is 11.1. The summed E-state index contributed by atoms with van der Waals surface area (Å²) in [6, 6.07) is 6.96. The lowest BCUT2D eigenvalue weighted by Gasteiger charge is -2.04. The molecule has 3 rings (SSSR count). The number of carboxylic acids is 1. The minimum Gasteiger partial charge on any atom is -0.477 e. The summed E-state index contributed by atoms with van der Waals surface area (Å²) in [5.41, 5.74) is 2.80. The third kappa shape index (κ3) is 1.55. The fourth-order valence-electron chi connectivity index (χ4n) is 1.88. The molecule has 90 valence electrons. The summed E-state index contributed by atoms with van der Waals surface area (Å²) in [6.45, 7) is 1.84. The first kappa shape index (κ1) is 10.5. The third-order valence-corrected chi connectivity index (χ3v) is 2.64. The van der Waals surface area contributed by atoms with Gasteiger partial charge in [0.2, 0.25) is 0 Å². The van der Waals surface area contributed by atoms with Gasteiger partial charge in [-0.25, -0.2) is 14.3 Å². The van der Waals surface area contributed by atoms with Gasteiger partial charge in [0.1, 0.15) is 0 Å². The molecule has 0 aliphatic heterocycles. The van der Waals surface area contributed by atoms with Gasteiger partial charge in [-0.3, -0.25) is 0 Å². The van der Waals surface area contributed by atoms with Crippen LogP contribution in [0, 0.1) is 6.92 Å². The topological polar surface area (TPSA) is 83.3 Å². The molecule has 0 amide bonds. The van der Waals surface area contributed by atoms with Crippen LogP contribution < -0.4 is 0 Å². The summed E-state index contributed by atoms with van der Waals surface area (Å²) >= 11 is 0. The average molecular weight is 242 g/mol. The quantitative estimate of drug-likeness (QED) is 0.716. The molecule has 0 aliphatic carbocycles. The van der Waals surface area contributed by atoms with E-state index in [1.807, 2.05) is 19.1 Å². The number of carbonyl (C=O) groups is 1. The van der Waals surface area contributed by atoms with Crippen molar-refractivity contribution in [3.05, 3.63) is 41.9 Å². The van der Waals surface area contributed by atoms with Crippen molar-refractivity contribution in [2.75, 3.05) is 0 Å². The molecule has 2 N–H and O–H groups in total. The Morgan fingerprint density at radius 2 is 2.28 bits per heavy atom. The molecule has 0 saturated heterocycles. The van der Waals surface area contributed by atoms with Crippen molar-refractivity contribution in [1.82, 2.24) is 19.6 Å². The number of rotatable bonds is 2. The Labute approximate surface area is 102 Å². The van der Waals surface area contributed by atoms with Gasteiger partial charge in [-0.05, 0) is 25.1 Å². The van der Waals surface area contributed by atoms with Gasteiger partial charge < -0.3 is 10.1 Å². The van der Waals surface area contributed by atoms with E-state index in [0.717, 1.165) is 11.4 Å². The van der Waals surface area contributed by atoms with Gasteiger partial charge in [0.15, 0.2) is 11.3 Å². The number of aromatic amines is 1. The number of hydrogen-bond donors (Lipinski definition) is 2. The SMILES string of the molecule is Cc1cc2nc(C(=O)O)cc(-c3ccc[nH]3)n2n1. The van der Waals surface area contributed by atoms with Gasteiger partial charge >= 0.3 is 5.97 Å². The minimum atomic E-state index is -1.05. The molecule has 0 radical (unpaired) electrons. The Morgan fingerprint density at radius 3 is 2.94 bits per heavy atom. The lowest BCUT2D eigenvalue weighted by molar-refractivity contribution is 0.0690. The van der Waals surface area contributed by atoms with Crippen LogP contribution in [0.15, 0.2) is 30.5 Å². The molecule has 6 nitrogen and oxygen atoms in total. The smallest absolute Gasteiger partial charge is 0.354 e. The summed E-state index contributed by atoms with van der Waals surface area (Å²) in [4.78, 5) is 18.2. The van der Waals surface area contributed by atoms with Gasteiger partial charge in [-0.2, -0.15) is 5.10 Å². The van der Waals surface area contributed by atoms with Crippen molar-refractivity contribution in [3.8, 4) is 11.4 Å². The number of hydrogen-bond acceptors (Lipinski definition) is 3. The molecule has 0 fully saturated rings. The molecule has 0 saturated carbocycles. The van der Waals surface area contributed by atoms with Crippen molar-refractivity contribution in [2.24, 2.45) is 0 Å². The Morgan fingerprint density at radius 1 is 1.44 bits per heavy atom. The van der Waals surface area contributed by atoms with E-state index in [-0.39, 0.29) is 5.69 Å². The van der Waals surface area contributed by atoms with E-state index in [4.69, 9.17) is 5.11 Å². The zero-order valence-electron chi connectivity index (χ0n) is 9.58. The fourth-order valence-corrected chi connectivity index (χ4v) is 1.88. The number of nitrogens with one attached hydrogen (secondary N) is 1. The molecule has 3 aromatic rings. The Balaban J connectivity index is 2.36. The van der Waals surface area contributed by atoms with Gasteiger partial charge in [0.25, 0.3) is 0 Å². The lowest BCUT2D eigenvalue weighted by Crippen LogP contribution is -2.05. The van der Waals surface area contributed by atoms with Crippen LogP contribution >= 0.6 is 0 Å². The molecule has 0 bridgehead atoms. The number of aryl methyl sites for hydroxylation is 1. The zero-order chi connectivity index (χ0) is 12.7. The number of carboxylic acid groups (broad SMARTS) is 1. The Kier molecular flexibility index (Phi) is 2.16. The second-order valence-electron chi connectivity index (χ2n) is 3.97. The molecule has 18 heavy (non-hydrogen) atoms. The predicted molar refractivity (Wildman–Crippen MR) is 64.5 cm³/mol. The average Bonchev–Trinajstić information content (AvgIpc) is 2.94. The maximum atomic E-state index is 11.1. The normalized spacial score (nSPS) is 10.9. The van der Waals surface area contributed by atoms with Crippen LogP contribution in [0.3, 0.4) is 0 Å². The highest BCUT2D eigenvalue weighted by Crippen LogP contribution is 2.19. The van der Waals surface area contributed by atoms with E-state index in [1.54, 1.807) is 16.8 Å². The van der Waals surface area contributed by atoms with E-state index < -0.39 is 5.97 Å². The van der Waals surface area contributed by atoms with Crippen LogP contribution in [-0.2, 0) is 0 Å². The van der Waals surface area contributed by atoms with Crippen LogP contribution in [0.25, 0.3) is 17.0 Å². The van der Waals surface area contributed by atoms with Crippen LogP contribution in [-0.4, -0.2) is 30.7 Å². The van der Waals surface area contributed by atoms with Crippen molar-refractivity contribution in [2.45, 2.75) is 6.92 Å². The third-order valence-electron chi connectivity index (χ3n) is 2.64. The van der Waals surface area contributed by atoms with E-state index in [1.165, 1.54) is 6.07 Å². The van der Waals surface area contributed by atoms with Crippen LogP contribution in [0.2, 0.25) is 0 Å². The molecule has 0 unspecified atom stereocenters. The molecule has 0 spiro atoms. The fraction of sp³-hybridized carbons (Fsp3) is 0.0833. The summed E-state index contributed by atoms with van der Waals surface area (Å²) < 4.78 is 1.63. The molecule has 0 atom stereocenters. The highest BCUT2D eigenvalue weighted by Gasteiger charge is 2.14. The number of aromatic carboxylic acids is 1. The maximum Gasteiger partial charge on any atom is 0.354 e. The predicted octanol–water partition coefficient (Wildman–Crippen LogP) is 1.73. The largest absolute Gasteiger partial charge is 0.477 e. The minimum absolute atomic E-state index is 0.00648. The molecule has 6 heteroatoms. The molecule has 0 aliphatic rings. The van der Waals surface area contributed by atoms with Crippen molar-refractivity contribution < 1.29 is 9.90 Å². The molecular weight excluding hydrogens is 232 g/mol. The molecular formula is C12H10N4O2. The molecule has 3 heterocycles. The summed E-state index contributed by atoms with van der Waals surface area (Å²) in [6.07, 6.45) is 1.78. The van der Waals surface area contributed by atoms with Crippen LogP contribution in [0.1, 0.15) is 16.2 Å². The van der Waals surface area contributed by atoms with E-state index in [2.05, 4.69) is 15.1 Å². The number of fused-ring (bicyclic) bond motifs is 1. The Hall–Kier alpha value is -2.63.